The Labute approximate surface area is 160 Å². The van der Waals surface area contributed by atoms with Gasteiger partial charge in [0.25, 0.3) is 0 Å². The van der Waals surface area contributed by atoms with Gasteiger partial charge in [-0.2, -0.15) is 0 Å². The van der Waals surface area contributed by atoms with Crippen LogP contribution in [-0.4, -0.2) is 10.9 Å². The maximum Gasteiger partial charge on any atom is 0.230 e. The van der Waals surface area contributed by atoms with Crippen molar-refractivity contribution in [1.82, 2.24) is 4.98 Å². The molecule has 1 aliphatic carbocycles. The van der Waals surface area contributed by atoms with Crippen LogP contribution in [-0.2, 0) is 11.2 Å². The van der Waals surface area contributed by atoms with E-state index in [2.05, 4.69) is 41.5 Å². The summed E-state index contributed by atoms with van der Waals surface area (Å²) in [4.78, 5) is 17.9. The van der Waals surface area contributed by atoms with E-state index in [0.29, 0.717) is 5.92 Å². The Kier molecular flexibility index (Phi) is 4.93. The predicted octanol–water partition coefficient (Wildman–Crippen LogP) is 5.61. The first-order valence-electron chi connectivity index (χ1n) is 9.85. The number of para-hydroxylation sites is 1. The highest BCUT2D eigenvalue weighted by molar-refractivity contribution is 5.97. The zero-order chi connectivity index (χ0) is 18.7. The lowest BCUT2D eigenvalue weighted by atomic mass is 9.66. The van der Waals surface area contributed by atoms with Crippen molar-refractivity contribution in [3.8, 4) is 0 Å². The molecule has 1 aliphatic rings. The monoisotopic (exact) mass is 358 g/mol. The van der Waals surface area contributed by atoms with Crippen molar-refractivity contribution in [3.63, 3.8) is 0 Å². The van der Waals surface area contributed by atoms with E-state index in [1.165, 1.54) is 12.0 Å². The van der Waals surface area contributed by atoms with Gasteiger partial charge in [0.2, 0.25) is 5.91 Å². The fourth-order valence-electron chi connectivity index (χ4n) is 4.50. The summed E-state index contributed by atoms with van der Waals surface area (Å²) in [6.07, 6.45) is 6.76. The van der Waals surface area contributed by atoms with Gasteiger partial charge in [0.05, 0.1) is 22.8 Å². The van der Waals surface area contributed by atoms with Crippen molar-refractivity contribution < 1.29 is 4.79 Å². The lowest BCUT2D eigenvalue weighted by molar-refractivity contribution is -0.128. The van der Waals surface area contributed by atoms with E-state index in [1.54, 1.807) is 6.20 Å². The van der Waals surface area contributed by atoms with Crippen LogP contribution in [0, 0.1) is 11.3 Å². The molecule has 1 fully saturated rings. The molecule has 3 heteroatoms. The van der Waals surface area contributed by atoms with Gasteiger partial charge in [-0.15, -0.1) is 0 Å². The second-order valence-corrected chi connectivity index (χ2v) is 8.02. The number of pyridine rings is 1. The number of rotatable bonds is 4. The molecule has 0 bridgehead atoms. The molecule has 1 heterocycles. The molecule has 2 atom stereocenters. The fourth-order valence-corrected chi connectivity index (χ4v) is 4.50. The van der Waals surface area contributed by atoms with Gasteiger partial charge >= 0.3 is 0 Å². The predicted molar refractivity (Wildman–Crippen MR) is 111 cm³/mol. The highest BCUT2D eigenvalue weighted by Crippen LogP contribution is 2.43. The molecule has 1 saturated carbocycles. The van der Waals surface area contributed by atoms with E-state index in [4.69, 9.17) is 0 Å². The number of nitrogens with zero attached hydrogens (tertiary/aromatic N) is 1. The molecule has 1 N–H and O–H groups in total. The maximum atomic E-state index is 13.4. The molecule has 4 rings (SSSR count). The van der Waals surface area contributed by atoms with E-state index in [-0.39, 0.29) is 11.3 Å². The SMILES string of the molecule is CC1CCCC(Cc2ccccc2)(C(=O)Nc2cnc3ccccc3c2)C1. The quantitative estimate of drug-likeness (QED) is 0.658. The van der Waals surface area contributed by atoms with Crippen molar-refractivity contribution in [2.45, 2.75) is 39.0 Å². The second kappa shape index (κ2) is 7.51. The number of nitrogens with one attached hydrogen (secondary N) is 1. The van der Waals surface area contributed by atoms with E-state index in [9.17, 15) is 4.79 Å². The first kappa shape index (κ1) is 17.7. The summed E-state index contributed by atoms with van der Waals surface area (Å²) in [6, 6.07) is 20.4. The smallest absolute Gasteiger partial charge is 0.230 e. The molecule has 0 saturated heterocycles. The summed E-state index contributed by atoms with van der Waals surface area (Å²) in [5.74, 6) is 0.706. The van der Waals surface area contributed by atoms with Gasteiger partial charge in [-0.3, -0.25) is 9.78 Å². The molecular formula is C24H26N2O. The summed E-state index contributed by atoms with van der Waals surface area (Å²) in [5, 5.41) is 4.23. The standard InChI is InChI=1S/C24H26N2O/c1-18-8-7-13-24(15-18,16-19-9-3-2-4-10-19)23(27)26-21-14-20-11-5-6-12-22(20)25-17-21/h2-6,9-12,14,17-18H,7-8,13,15-16H2,1H3,(H,26,27). The van der Waals surface area contributed by atoms with Crippen LogP contribution >= 0.6 is 0 Å². The lowest BCUT2D eigenvalue weighted by Crippen LogP contribution is -2.41. The number of aromatic nitrogens is 1. The third-order valence-corrected chi connectivity index (χ3v) is 5.81. The van der Waals surface area contributed by atoms with Gasteiger partial charge in [0, 0.05) is 5.39 Å². The molecule has 138 valence electrons. The summed E-state index contributed by atoms with van der Waals surface area (Å²) < 4.78 is 0. The van der Waals surface area contributed by atoms with Crippen LogP contribution in [0.15, 0.2) is 66.9 Å². The molecule has 2 unspecified atom stereocenters. The zero-order valence-corrected chi connectivity index (χ0v) is 15.8. The molecule has 3 aromatic rings. The maximum absolute atomic E-state index is 13.4. The molecule has 1 aromatic heterocycles. The van der Waals surface area contributed by atoms with Crippen LogP contribution in [0.2, 0.25) is 0 Å². The normalized spacial score (nSPS) is 22.5. The summed E-state index contributed by atoms with van der Waals surface area (Å²) in [7, 11) is 0. The Bertz CT molecular complexity index is 937. The largest absolute Gasteiger partial charge is 0.324 e. The molecular weight excluding hydrogens is 332 g/mol. The summed E-state index contributed by atoms with van der Waals surface area (Å²) in [6.45, 7) is 2.27. The Morgan fingerprint density at radius 3 is 2.74 bits per heavy atom. The molecule has 0 spiro atoms. The van der Waals surface area contributed by atoms with Gasteiger partial charge < -0.3 is 5.32 Å². The third-order valence-electron chi connectivity index (χ3n) is 5.81. The summed E-state index contributed by atoms with van der Waals surface area (Å²) >= 11 is 0. The second-order valence-electron chi connectivity index (χ2n) is 8.02. The van der Waals surface area contributed by atoms with Crippen LogP contribution in [0.25, 0.3) is 10.9 Å². The fraction of sp³-hybridized carbons (Fsp3) is 0.333. The Morgan fingerprint density at radius 2 is 1.93 bits per heavy atom. The van der Waals surface area contributed by atoms with Gasteiger partial charge in [0.1, 0.15) is 0 Å². The van der Waals surface area contributed by atoms with Crippen LogP contribution in [0.5, 0.6) is 0 Å². The van der Waals surface area contributed by atoms with E-state index in [1.807, 2.05) is 36.4 Å². The summed E-state index contributed by atoms with van der Waals surface area (Å²) in [5.41, 5.74) is 2.62. The van der Waals surface area contributed by atoms with Crippen LogP contribution in [0.1, 0.15) is 38.2 Å². The topological polar surface area (TPSA) is 42.0 Å². The average Bonchev–Trinajstić information content (AvgIpc) is 2.68. The number of fused-ring (bicyclic) bond motifs is 1. The van der Waals surface area contributed by atoms with Gasteiger partial charge in [-0.25, -0.2) is 0 Å². The molecule has 27 heavy (non-hydrogen) atoms. The molecule has 0 aliphatic heterocycles. The first-order chi connectivity index (χ1) is 13.1. The van der Waals surface area contributed by atoms with Crippen LogP contribution in [0.4, 0.5) is 5.69 Å². The van der Waals surface area contributed by atoms with E-state index < -0.39 is 0 Å². The average molecular weight is 358 g/mol. The van der Waals surface area contributed by atoms with Crippen molar-refractivity contribution in [2.75, 3.05) is 5.32 Å². The highest BCUT2D eigenvalue weighted by atomic mass is 16.2. The lowest BCUT2D eigenvalue weighted by Gasteiger charge is -2.39. The van der Waals surface area contributed by atoms with Crippen molar-refractivity contribution >= 4 is 22.5 Å². The number of benzene rings is 2. The van der Waals surface area contributed by atoms with Gasteiger partial charge in [-0.05, 0) is 42.9 Å². The van der Waals surface area contributed by atoms with E-state index in [0.717, 1.165) is 42.3 Å². The Hall–Kier alpha value is -2.68. The minimum absolute atomic E-state index is 0.134. The van der Waals surface area contributed by atoms with Crippen molar-refractivity contribution in [3.05, 3.63) is 72.4 Å². The number of hydrogen-bond donors (Lipinski definition) is 1. The van der Waals surface area contributed by atoms with Gasteiger partial charge in [-0.1, -0.05) is 68.3 Å². The molecule has 1 amide bonds. The van der Waals surface area contributed by atoms with Gasteiger partial charge in [0.15, 0.2) is 0 Å². The first-order valence-corrected chi connectivity index (χ1v) is 9.85. The van der Waals surface area contributed by atoms with Crippen LogP contribution < -0.4 is 5.32 Å². The number of hydrogen-bond acceptors (Lipinski definition) is 2. The minimum Gasteiger partial charge on any atom is -0.324 e. The van der Waals surface area contributed by atoms with E-state index >= 15 is 0 Å². The number of carbonyl (C=O) groups is 1. The van der Waals surface area contributed by atoms with Crippen molar-refractivity contribution in [1.29, 1.82) is 0 Å². The zero-order valence-electron chi connectivity index (χ0n) is 15.8. The molecule has 0 radical (unpaired) electrons. The Morgan fingerprint density at radius 1 is 1.15 bits per heavy atom. The molecule has 3 nitrogen and oxygen atoms in total. The number of carbonyl (C=O) groups excluding carboxylic acids is 1. The molecule has 2 aromatic carbocycles. The Balaban J connectivity index is 1.61. The minimum atomic E-state index is -0.343. The third kappa shape index (κ3) is 3.87. The van der Waals surface area contributed by atoms with Crippen LogP contribution in [0.3, 0.4) is 0 Å². The highest BCUT2D eigenvalue weighted by Gasteiger charge is 2.41. The number of amides is 1. The number of anilines is 1. The van der Waals surface area contributed by atoms with Crippen molar-refractivity contribution in [2.24, 2.45) is 11.3 Å².